The van der Waals surface area contributed by atoms with Crippen LogP contribution in [0.3, 0.4) is 0 Å². The van der Waals surface area contributed by atoms with E-state index in [9.17, 15) is 8.42 Å². The van der Waals surface area contributed by atoms with Crippen molar-refractivity contribution < 1.29 is 13.2 Å². The fraction of sp³-hybridized carbons (Fsp3) is 0.125. The molecule has 0 aliphatic carbocycles. The molecule has 4 aromatic rings. The number of ether oxygens (including phenoxy) is 1. The van der Waals surface area contributed by atoms with Gasteiger partial charge in [0.05, 0.1) is 23.2 Å². The van der Waals surface area contributed by atoms with Gasteiger partial charge in [0.25, 0.3) is 0 Å². The van der Waals surface area contributed by atoms with Gasteiger partial charge in [-0.15, -0.1) is 0 Å². The number of hydrogen-bond donors (Lipinski definition) is 1. The Balaban J connectivity index is 1.86. The predicted molar refractivity (Wildman–Crippen MR) is 119 cm³/mol. The smallest absolute Gasteiger partial charge is 0.210 e. The standard InChI is InChI=1S/C24H22N2O3S/c1-17-8-10-18(11-9-17)15-26-24-21-14-19(29-2)12-13-22(21)25-16-23(24)30(27,28)20-6-4-3-5-7-20/h3-14,16H,15H2,1-2H3,(H,25,26). The van der Waals surface area contributed by atoms with Crippen molar-refractivity contribution in [1.82, 2.24) is 4.98 Å². The predicted octanol–water partition coefficient (Wildman–Crippen LogP) is 5.00. The van der Waals surface area contributed by atoms with Crippen molar-refractivity contribution in [3.8, 4) is 5.75 Å². The molecular formula is C24H22N2O3S. The zero-order valence-corrected chi connectivity index (χ0v) is 17.6. The molecule has 1 heterocycles. The van der Waals surface area contributed by atoms with Gasteiger partial charge in [0.2, 0.25) is 9.84 Å². The average molecular weight is 419 g/mol. The first kappa shape index (κ1) is 19.9. The van der Waals surface area contributed by atoms with E-state index >= 15 is 0 Å². The number of nitrogens with one attached hydrogen (secondary N) is 1. The summed E-state index contributed by atoms with van der Waals surface area (Å²) in [6, 6.07) is 22.0. The Morgan fingerprint density at radius 2 is 1.70 bits per heavy atom. The van der Waals surface area contributed by atoms with Crippen LogP contribution in [0.2, 0.25) is 0 Å². The third kappa shape index (κ3) is 3.86. The summed E-state index contributed by atoms with van der Waals surface area (Å²) in [7, 11) is -2.18. The summed E-state index contributed by atoms with van der Waals surface area (Å²) in [4.78, 5) is 4.77. The van der Waals surface area contributed by atoms with Gasteiger partial charge < -0.3 is 10.1 Å². The lowest BCUT2D eigenvalue weighted by Crippen LogP contribution is -2.09. The first-order valence-electron chi connectivity index (χ1n) is 9.55. The summed E-state index contributed by atoms with van der Waals surface area (Å²) in [5.41, 5.74) is 3.43. The van der Waals surface area contributed by atoms with Gasteiger partial charge in [-0.1, -0.05) is 48.0 Å². The molecule has 0 atom stereocenters. The number of rotatable bonds is 6. The molecule has 0 fully saturated rings. The Kier molecular flexibility index (Phi) is 5.42. The maximum atomic E-state index is 13.4. The minimum atomic E-state index is -3.76. The van der Waals surface area contributed by atoms with E-state index in [-0.39, 0.29) is 9.79 Å². The van der Waals surface area contributed by atoms with Gasteiger partial charge in [0.1, 0.15) is 10.6 Å². The number of aryl methyl sites for hydroxylation is 1. The van der Waals surface area contributed by atoms with Crippen LogP contribution >= 0.6 is 0 Å². The van der Waals surface area contributed by atoms with Gasteiger partial charge in [0, 0.05) is 18.1 Å². The highest BCUT2D eigenvalue weighted by Crippen LogP contribution is 2.35. The van der Waals surface area contributed by atoms with Gasteiger partial charge in [-0.05, 0) is 42.8 Å². The van der Waals surface area contributed by atoms with E-state index in [0.717, 1.165) is 5.56 Å². The zero-order chi connectivity index (χ0) is 21.1. The third-order valence-electron chi connectivity index (χ3n) is 4.97. The number of anilines is 1. The molecule has 1 N–H and O–H groups in total. The first-order chi connectivity index (χ1) is 14.5. The minimum absolute atomic E-state index is 0.140. The number of sulfone groups is 1. The molecule has 4 rings (SSSR count). The lowest BCUT2D eigenvalue weighted by Gasteiger charge is -2.16. The number of aromatic nitrogens is 1. The fourth-order valence-corrected chi connectivity index (χ4v) is 4.70. The molecule has 5 nitrogen and oxygen atoms in total. The number of pyridine rings is 1. The second-order valence-electron chi connectivity index (χ2n) is 7.04. The number of benzene rings is 3. The van der Waals surface area contributed by atoms with Crippen LogP contribution in [-0.2, 0) is 16.4 Å². The van der Waals surface area contributed by atoms with Crippen molar-refractivity contribution in [2.45, 2.75) is 23.3 Å². The highest BCUT2D eigenvalue weighted by molar-refractivity contribution is 7.91. The van der Waals surface area contributed by atoms with Crippen LogP contribution in [0.1, 0.15) is 11.1 Å². The van der Waals surface area contributed by atoms with Crippen LogP contribution in [0, 0.1) is 6.92 Å². The summed E-state index contributed by atoms with van der Waals surface area (Å²) in [5, 5.41) is 4.04. The largest absolute Gasteiger partial charge is 0.497 e. The Morgan fingerprint density at radius 1 is 0.967 bits per heavy atom. The summed E-state index contributed by atoms with van der Waals surface area (Å²) in [5.74, 6) is 0.636. The van der Waals surface area contributed by atoms with Crippen molar-refractivity contribution in [2.24, 2.45) is 0 Å². The Labute approximate surface area is 176 Å². The Hall–Kier alpha value is -3.38. The average Bonchev–Trinajstić information content (AvgIpc) is 2.78. The highest BCUT2D eigenvalue weighted by atomic mass is 32.2. The van der Waals surface area contributed by atoms with E-state index in [1.807, 2.05) is 49.4 Å². The van der Waals surface area contributed by atoms with Gasteiger partial charge in [-0.3, -0.25) is 4.98 Å². The molecule has 0 amide bonds. The summed E-state index contributed by atoms with van der Waals surface area (Å²) in [6.07, 6.45) is 1.43. The fourth-order valence-electron chi connectivity index (χ4n) is 3.29. The van der Waals surface area contributed by atoms with E-state index < -0.39 is 9.84 Å². The molecule has 0 bridgehead atoms. The second kappa shape index (κ2) is 8.16. The van der Waals surface area contributed by atoms with Crippen LogP contribution in [0.15, 0.2) is 88.8 Å². The maximum Gasteiger partial charge on any atom is 0.210 e. The molecule has 0 aliphatic heterocycles. The van der Waals surface area contributed by atoms with Crippen molar-refractivity contribution in [2.75, 3.05) is 12.4 Å². The van der Waals surface area contributed by atoms with Crippen molar-refractivity contribution in [3.63, 3.8) is 0 Å². The molecule has 6 heteroatoms. The van der Waals surface area contributed by atoms with Gasteiger partial charge in [0.15, 0.2) is 0 Å². The number of nitrogens with zero attached hydrogens (tertiary/aromatic N) is 1. The molecule has 0 saturated carbocycles. The number of fused-ring (bicyclic) bond motifs is 1. The maximum absolute atomic E-state index is 13.4. The zero-order valence-electron chi connectivity index (χ0n) is 16.8. The minimum Gasteiger partial charge on any atom is -0.497 e. The van der Waals surface area contributed by atoms with E-state index in [1.54, 1.807) is 37.4 Å². The molecule has 152 valence electrons. The summed E-state index contributed by atoms with van der Waals surface area (Å²) in [6.45, 7) is 2.51. The molecule has 3 aromatic carbocycles. The van der Waals surface area contributed by atoms with Gasteiger partial charge in [-0.2, -0.15) is 0 Å². The Bertz CT molecular complexity index is 1290. The molecule has 0 unspecified atom stereocenters. The van der Waals surface area contributed by atoms with Crippen molar-refractivity contribution in [3.05, 3.63) is 90.1 Å². The van der Waals surface area contributed by atoms with E-state index in [0.29, 0.717) is 28.9 Å². The van der Waals surface area contributed by atoms with Crippen LogP contribution in [0.25, 0.3) is 10.9 Å². The highest BCUT2D eigenvalue weighted by Gasteiger charge is 2.24. The molecule has 0 spiro atoms. The van der Waals surface area contributed by atoms with Crippen LogP contribution in [0.4, 0.5) is 5.69 Å². The number of methoxy groups -OCH3 is 1. The lowest BCUT2D eigenvalue weighted by molar-refractivity contribution is 0.415. The monoisotopic (exact) mass is 418 g/mol. The molecule has 1 aromatic heterocycles. The van der Waals surface area contributed by atoms with E-state index in [2.05, 4.69) is 10.3 Å². The Morgan fingerprint density at radius 3 is 2.40 bits per heavy atom. The topological polar surface area (TPSA) is 68.3 Å². The second-order valence-corrected chi connectivity index (χ2v) is 8.95. The molecule has 30 heavy (non-hydrogen) atoms. The van der Waals surface area contributed by atoms with Gasteiger partial charge in [-0.25, -0.2) is 8.42 Å². The third-order valence-corrected chi connectivity index (χ3v) is 6.75. The number of hydrogen-bond acceptors (Lipinski definition) is 5. The van der Waals surface area contributed by atoms with E-state index in [1.165, 1.54) is 11.8 Å². The quantitative estimate of drug-likeness (QED) is 0.477. The molecular weight excluding hydrogens is 396 g/mol. The molecule has 0 saturated heterocycles. The van der Waals surface area contributed by atoms with E-state index in [4.69, 9.17) is 4.74 Å². The van der Waals surface area contributed by atoms with Gasteiger partial charge >= 0.3 is 0 Å². The van der Waals surface area contributed by atoms with Crippen molar-refractivity contribution in [1.29, 1.82) is 0 Å². The van der Waals surface area contributed by atoms with Crippen LogP contribution in [0.5, 0.6) is 5.75 Å². The van der Waals surface area contributed by atoms with Crippen LogP contribution in [-0.4, -0.2) is 20.5 Å². The normalized spacial score (nSPS) is 11.4. The molecule has 0 aliphatic rings. The lowest BCUT2D eigenvalue weighted by atomic mass is 10.1. The van der Waals surface area contributed by atoms with Crippen LogP contribution < -0.4 is 10.1 Å². The first-order valence-corrected chi connectivity index (χ1v) is 11.0. The van der Waals surface area contributed by atoms with Crippen molar-refractivity contribution >= 4 is 26.4 Å². The summed E-state index contributed by atoms with van der Waals surface area (Å²) >= 11 is 0. The molecule has 0 radical (unpaired) electrons. The SMILES string of the molecule is COc1ccc2ncc(S(=O)(=O)c3ccccc3)c(NCc3ccc(C)cc3)c2c1. The summed E-state index contributed by atoms with van der Waals surface area (Å²) < 4.78 is 32.2.